The number of phenolic OH excluding ortho intramolecular Hbond substituents is 1. The first kappa shape index (κ1) is 20.9. The molecule has 5 rings (SSSR count). The molecule has 166 valence electrons. The molecule has 6 heteroatoms. The number of nitrogens with zero attached hydrogens (tertiary/aromatic N) is 3. The predicted molar refractivity (Wildman–Crippen MR) is 127 cm³/mol. The number of aromatic nitrogens is 2. The standard InChI is InChI=1S/C27H24FN3O2/c1-2-25(33)30-15-7-10-20(17-30)31-27(18-8-4-3-5-9-18)21-16-19(13-14-23(21)29-31)26-22(28)11-6-12-24(26)32/h2-6,8-9,11-14,16,20,32H,1,7,10,15,17H2. The van der Waals surface area contributed by atoms with Crippen LogP contribution in [0.2, 0.25) is 0 Å². The van der Waals surface area contributed by atoms with Crippen LogP contribution in [-0.2, 0) is 4.79 Å². The monoisotopic (exact) mass is 441 g/mol. The van der Waals surface area contributed by atoms with Crippen molar-refractivity contribution in [2.24, 2.45) is 0 Å². The van der Waals surface area contributed by atoms with E-state index in [1.165, 1.54) is 24.3 Å². The fourth-order valence-electron chi connectivity index (χ4n) is 4.69. The number of likely N-dealkylation sites (tertiary alicyclic amines) is 1. The van der Waals surface area contributed by atoms with E-state index in [1.54, 1.807) is 6.07 Å². The Bertz CT molecular complexity index is 1330. The Morgan fingerprint density at radius 1 is 1.09 bits per heavy atom. The number of rotatable bonds is 4. The molecular formula is C27H24FN3O2. The topological polar surface area (TPSA) is 58.4 Å². The molecule has 0 saturated carbocycles. The van der Waals surface area contributed by atoms with Gasteiger partial charge >= 0.3 is 0 Å². The highest BCUT2D eigenvalue weighted by Crippen LogP contribution is 2.38. The largest absolute Gasteiger partial charge is 0.507 e. The van der Waals surface area contributed by atoms with Gasteiger partial charge in [0.15, 0.2) is 0 Å². The maximum absolute atomic E-state index is 14.6. The van der Waals surface area contributed by atoms with Crippen molar-refractivity contribution < 1.29 is 14.3 Å². The molecule has 2 heterocycles. The van der Waals surface area contributed by atoms with Gasteiger partial charge in [0.1, 0.15) is 11.6 Å². The zero-order valence-corrected chi connectivity index (χ0v) is 18.1. The number of hydrogen-bond acceptors (Lipinski definition) is 3. The number of aromatic hydroxyl groups is 1. The number of piperidine rings is 1. The summed E-state index contributed by atoms with van der Waals surface area (Å²) in [5, 5.41) is 16.1. The smallest absolute Gasteiger partial charge is 0.246 e. The Hall–Kier alpha value is -3.93. The lowest BCUT2D eigenvalue weighted by molar-refractivity contribution is -0.127. The molecule has 1 aliphatic heterocycles. The lowest BCUT2D eigenvalue weighted by atomic mass is 9.99. The summed E-state index contributed by atoms with van der Waals surface area (Å²) in [6, 6.07) is 19.8. The SMILES string of the molecule is C=CC(=O)N1CCCC(n2nc3ccc(-c4c(O)cccc4F)cc3c2-c2ccccc2)C1. The van der Waals surface area contributed by atoms with Gasteiger partial charge in [0.2, 0.25) is 5.91 Å². The molecule has 1 fully saturated rings. The van der Waals surface area contributed by atoms with Gasteiger partial charge in [-0.2, -0.15) is 5.10 Å². The van der Waals surface area contributed by atoms with E-state index in [9.17, 15) is 14.3 Å². The average Bonchev–Trinajstić information content (AvgIpc) is 3.23. The molecule has 1 amide bonds. The van der Waals surface area contributed by atoms with Crippen LogP contribution in [0.4, 0.5) is 4.39 Å². The molecule has 0 spiro atoms. The van der Waals surface area contributed by atoms with Gasteiger partial charge in [0.25, 0.3) is 0 Å². The van der Waals surface area contributed by atoms with E-state index in [2.05, 4.69) is 6.58 Å². The molecule has 0 bridgehead atoms. The number of benzene rings is 3. The lowest BCUT2D eigenvalue weighted by Crippen LogP contribution is -2.40. The maximum atomic E-state index is 14.6. The van der Waals surface area contributed by atoms with Crippen molar-refractivity contribution in [1.29, 1.82) is 0 Å². The van der Waals surface area contributed by atoms with Crippen LogP contribution >= 0.6 is 0 Å². The van der Waals surface area contributed by atoms with E-state index in [-0.39, 0.29) is 23.3 Å². The molecule has 5 nitrogen and oxygen atoms in total. The van der Waals surface area contributed by atoms with E-state index in [0.717, 1.165) is 35.0 Å². The molecule has 0 aliphatic carbocycles. The van der Waals surface area contributed by atoms with Crippen molar-refractivity contribution in [3.05, 3.63) is 85.2 Å². The van der Waals surface area contributed by atoms with Crippen LogP contribution in [0.5, 0.6) is 5.75 Å². The number of hydrogen-bond donors (Lipinski definition) is 1. The zero-order chi connectivity index (χ0) is 22.9. The summed E-state index contributed by atoms with van der Waals surface area (Å²) >= 11 is 0. The summed E-state index contributed by atoms with van der Waals surface area (Å²) in [4.78, 5) is 14.1. The molecule has 0 radical (unpaired) electrons. The molecule has 1 unspecified atom stereocenters. The third-order valence-corrected chi connectivity index (χ3v) is 6.25. The molecule has 1 atom stereocenters. The average molecular weight is 442 g/mol. The molecule has 1 N–H and O–H groups in total. The van der Waals surface area contributed by atoms with Crippen LogP contribution in [-0.4, -0.2) is 38.8 Å². The van der Waals surface area contributed by atoms with Gasteiger partial charge in [0, 0.05) is 24.0 Å². The van der Waals surface area contributed by atoms with Crippen LogP contribution in [0.3, 0.4) is 0 Å². The summed E-state index contributed by atoms with van der Waals surface area (Å²) in [6.45, 7) is 4.88. The van der Waals surface area contributed by atoms with Gasteiger partial charge in [-0.1, -0.05) is 49.0 Å². The second kappa shape index (κ2) is 8.54. The fraction of sp³-hybridized carbons (Fsp3) is 0.185. The van der Waals surface area contributed by atoms with Crippen LogP contribution in [0.25, 0.3) is 33.3 Å². The molecular weight excluding hydrogens is 417 g/mol. The Morgan fingerprint density at radius 2 is 1.91 bits per heavy atom. The first-order valence-electron chi connectivity index (χ1n) is 11.0. The van der Waals surface area contributed by atoms with Gasteiger partial charge in [-0.25, -0.2) is 4.39 Å². The van der Waals surface area contributed by atoms with Crippen molar-refractivity contribution in [3.8, 4) is 28.1 Å². The van der Waals surface area contributed by atoms with E-state index < -0.39 is 5.82 Å². The van der Waals surface area contributed by atoms with Crippen molar-refractivity contribution in [2.75, 3.05) is 13.1 Å². The van der Waals surface area contributed by atoms with Crippen LogP contribution in [0.15, 0.2) is 79.4 Å². The number of fused-ring (bicyclic) bond motifs is 1. The number of carbonyl (C=O) groups is 1. The Kier molecular flexibility index (Phi) is 5.42. The maximum Gasteiger partial charge on any atom is 0.246 e. The van der Waals surface area contributed by atoms with Gasteiger partial charge in [-0.3, -0.25) is 9.48 Å². The molecule has 3 aromatic carbocycles. The summed E-state index contributed by atoms with van der Waals surface area (Å²) in [6.07, 6.45) is 3.13. The van der Waals surface area contributed by atoms with Crippen LogP contribution in [0, 0.1) is 5.82 Å². The van der Waals surface area contributed by atoms with Crippen molar-refractivity contribution in [2.45, 2.75) is 18.9 Å². The van der Waals surface area contributed by atoms with E-state index >= 15 is 0 Å². The molecule has 4 aromatic rings. The number of halogens is 1. The van der Waals surface area contributed by atoms with E-state index in [4.69, 9.17) is 5.10 Å². The van der Waals surface area contributed by atoms with Crippen molar-refractivity contribution in [3.63, 3.8) is 0 Å². The van der Waals surface area contributed by atoms with Crippen molar-refractivity contribution in [1.82, 2.24) is 14.7 Å². The summed E-state index contributed by atoms with van der Waals surface area (Å²) in [5.41, 5.74) is 3.44. The van der Waals surface area contributed by atoms with Gasteiger partial charge < -0.3 is 10.0 Å². The van der Waals surface area contributed by atoms with Gasteiger partial charge in [-0.05, 0) is 48.7 Å². The minimum absolute atomic E-state index is 0.00979. The fourth-order valence-corrected chi connectivity index (χ4v) is 4.69. The third kappa shape index (κ3) is 3.78. The highest BCUT2D eigenvalue weighted by Gasteiger charge is 2.27. The molecule has 1 aromatic heterocycles. The first-order valence-corrected chi connectivity index (χ1v) is 11.0. The highest BCUT2D eigenvalue weighted by atomic mass is 19.1. The van der Waals surface area contributed by atoms with Crippen LogP contribution < -0.4 is 0 Å². The minimum Gasteiger partial charge on any atom is -0.507 e. The molecule has 33 heavy (non-hydrogen) atoms. The highest BCUT2D eigenvalue weighted by molar-refractivity contribution is 5.96. The van der Waals surface area contributed by atoms with E-state index in [1.807, 2.05) is 52.0 Å². The Labute approximate surface area is 191 Å². The Morgan fingerprint density at radius 3 is 2.67 bits per heavy atom. The van der Waals surface area contributed by atoms with Crippen molar-refractivity contribution >= 4 is 16.8 Å². The number of phenols is 1. The predicted octanol–water partition coefficient (Wildman–Crippen LogP) is 5.56. The molecule has 1 aliphatic rings. The molecule has 1 saturated heterocycles. The lowest BCUT2D eigenvalue weighted by Gasteiger charge is -2.33. The second-order valence-electron chi connectivity index (χ2n) is 8.31. The summed E-state index contributed by atoms with van der Waals surface area (Å²) in [5.74, 6) is -0.655. The van der Waals surface area contributed by atoms with Gasteiger partial charge in [0.05, 0.1) is 22.8 Å². The van der Waals surface area contributed by atoms with E-state index in [0.29, 0.717) is 18.7 Å². The normalized spacial score (nSPS) is 16.2. The first-order chi connectivity index (χ1) is 16.1. The number of carbonyl (C=O) groups excluding carboxylic acids is 1. The second-order valence-corrected chi connectivity index (χ2v) is 8.31. The quantitative estimate of drug-likeness (QED) is 0.422. The third-order valence-electron chi connectivity index (χ3n) is 6.25. The summed E-state index contributed by atoms with van der Waals surface area (Å²) < 4.78 is 16.6. The summed E-state index contributed by atoms with van der Waals surface area (Å²) in [7, 11) is 0. The Balaban J connectivity index is 1.69. The number of amides is 1. The van der Waals surface area contributed by atoms with Crippen LogP contribution in [0.1, 0.15) is 18.9 Å². The van der Waals surface area contributed by atoms with Gasteiger partial charge in [-0.15, -0.1) is 0 Å². The zero-order valence-electron chi connectivity index (χ0n) is 18.1. The minimum atomic E-state index is -0.478.